The summed E-state index contributed by atoms with van der Waals surface area (Å²) in [5, 5.41) is 13.5. The normalized spacial score (nSPS) is 19.3. The van der Waals surface area contributed by atoms with Crippen molar-refractivity contribution in [2.75, 3.05) is 7.11 Å². The van der Waals surface area contributed by atoms with Gasteiger partial charge >= 0.3 is 0 Å². The van der Waals surface area contributed by atoms with E-state index in [4.69, 9.17) is 21.1 Å². The molecule has 0 saturated carbocycles. The molecule has 1 N–H and O–H groups in total. The standard InChI is InChI=1S/C29H24BrClN2O3S/c1-16-21(14-32)27(28-23(33-16)11-18(12-24(28)34)17-6-4-3-5-7-17)19-10-22(30)29(25(13-19)35-2)36-15-20-8-9-26(31)37-20/h3-10,13,18,27,33H,11-12,15H2,1-2H3. The average Bonchev–Trinajstić information content (AvgIpc) is 3.32. The molecule has 5 nitrogen and oxygen atoms in total. The fraction of sp³-hybridized carbons (Fsp3) is 0.241. The summed E-state index contributed by atoms with van der Waals surface area (Å²) in [5.41, 5.74) is 4.78. The van der Waals surface area contributed by atoms with E-state index in [0.717, 1.165) is 27.4 Å². The molecule has 2 heterocycles. The smallest absolute Gasteiger partial charge is 0.175 e. The van der Waals surface area contributed by atoms with Gasteiger partial charge in [-0.3, -0.25) is 4.79 Å². The zero-order valence-electron chi connectivity index (χ0n) is 20.3. The van der Waals surface area contributed by atoms with Crippen molar-refractivity contribution in [1.29, 1.82) is 5.26 Å². The fourth-order valence-corrected chi connectivity index (χ4v) is 6.68. The summed E-state index contributed by atoms with van der Waals surface area (Å²) >= 11 is 11.2. The third kappa shape index (κ3) is 5.06. The van der Waals surface area contributed by atoms with Crippen molar-refractivity contribution in [3.8, 4) is 17.6 Å². The maximum Gasteiger partial charge on any atom is 0.175 e. The zero-order valence-corrected chi connectivity index (χ0v) is 23.5. The van der Waals surface area contributed by atoms with Gasteiger partial charge in [0.2, 0.25) is 0 Å². The van der Waals surface area contributed by atoms with E-state index in [1.807, 2.05) is 49.4 Å². The first-order valence-electron chi connectivity index (χ1n) is 11.8. The van der Waals surface area contributed by atoms with Crippen LogP contribution in [0.3, 0.4) is 0 Å². The summed E-state index contributed by atoms with van der Waals surface area (Å²) in [6, 6.07) is 20.0. The SMILES string of the molecule is COc1cc(C2C(C#N)=C(C)NC3=C2C(=O)CC(c2ccccc2)C3)cc(Br)c1OCc1ccc(Cl)s1. The lowest BCUT2D eigenvalue weighted by atomic mass is 9.72. The molecule has 0 radical (unpaired) electrons. The first-order chi connectivity index (χ1) is 17.9. The Balaban J connectivity index is 1.53. The highest BCUT2D eigenvalue weighted by atomic mass is 79.9. The van der Waals surface area contributed by atoms with E-state index in [9.17, 15) is 10.1 Å². The predicted octanol–water partition coefficient (Wildman–Crippen LogP) is 7.64. The molecule has 5 rings (SSSR count). The Morgan fingerprint density at radius 1 is 1.16 bits per heavy atom. The highest BCUT2D eigenvalue weighted by Gasteiger charge is 2.39. The number of ketones is 1. The van der Waals surface area contributed by atoms with Gasteiger partial charge in [0.1, 0.15) is 6.61 Å². The lowest BCUT2D eigenvalue weighted by Gasteiger charge is -2.36. The number of benzene rings is 2. The quantitative estimate of drug-likeness (QED) is 0.317. The minimum atomic E-state index is -0.485. The molecule has 1 aliphatic carbocycles. The molecule has 2 atom stereocenters. The lowest BCUT2D eigenvalue weighted by molar-refractivity contribution is -0.116. The lowest BCUT2D eigenvalue weighted by Crippen LogP contribution is -2.33. The van der Waals surface area contributed by atoms with Crippen LogP contribution in [0.1, 0.15) is 47.6 Å². The average molecular weight is 596 g/mol. The van der Waals surface area contributed by atoms with Crippen LogP contribution in [-0.4, -0.2) is 12.9 Å². The van der Waals surface area contributed by atoms with Gasteiger partial charge in [0.25, 0.3) is 0 Å². The molecule has 2 aliphatic rings. The van der Waals surface area contributed by atoms with Crippen molar-refractivity contribution in [2.45, 2.75) is 38.2 Å². The van der Waals surface area contributed by atoms with Crippen LogP contribution in [0.5, 0.6) is 11.5 Å². The number of allylic oxidation sites excluding steroid dienone is 4. The van der Waals surface area contributed by atoms with Crippen molar-refractivity contribution in [2.24, 2.45) is 0 Å². The molecule has 37 heavy (non-hydrogen) atoms. The number of nitrogens with zero attached hydrogens (tertiary/aromatic N) is 1. The van der Waals surface area contributed by atoms with Crippen LogP contribution >= 0.6 is 38.9 Å². The molecule has 1 aliphatic heterocycles. The predicted molar refractivity (Wildman–Crippen MR) is 149 cm³/mol. The number of dihydropyridines is 1. The summed E-state index contributed by atoms with van der Waals surface area (Å²) in [6.07, 6.45) is 1.11. The van der Waals surface area contributed by atoms with Crippen molar-refractivity contribution >= 4 is 44.7 Å². The van der Waals surface area contributed by atoms with E-state index in [2.05, 4.69) is 39.4 Å². The molecule has 0 spiro atoms. The number of carbonyl (C=O) groups excluding carboxylic acids is 1. The van der Waals surface area contributed by atoms with Crippen molar-refractivity contribution < 1.29 is 14.3 Å². The van der Waals surface area contributed by atoms with E-state index < -0.39 is 5.92 Å². The molecule has 0 saturated heterocycles. The number of thiophene rings is 1. The number of hydrogen-bond donors (Lipinski definition) is 1. The van der Waals surface area contributed by atoms with Crippen LogP contribution in [0.4, 0.5) is 0 Å². The van der Waals surface area contributed by atoms with Gasteiger partial charge in [-0.2, -0.15) is 5.26 Å². The van der Waals surface area contributed by atoms with Gasteiger partial charge < -0.3 is 14.8 Å². The minimum absolute atomic E-state index is 0.0536. The van der Waals surface area contributed by atoms with Crippen LogP contribution in [-0.2, 0) is 11.4 Å². The Morgan fingerprint density at radius 3 is 2.62 bits per heavy atom. The summed E-state index contributed by atoms with van der Waals surface area (Å²) in [6.45, 7) is 2.23. The molecule has 3 aromatic rings. The Labute approximate surface area is 233 Å². The van der Waals surface area contributed by atoms with Gasteiger partial charge in [-0.05, 0) is 70.6 Å². The summed E-state index contributed by atoms with van der Waals surface area (Å²) in [5.74, 6) is 0.740. The maximum absolute atomic E-state index is 13.6. The van der Waals surface area contributed by atoms with E-state index in [-0.39, 0.29) is 11.7 Å². The summed E-state index contributed by atoms with van der Waals surface area (Å²) in [4.78, 5) is 14.6. The number of halogens is 2. The number of carbonyl (C=O) groups is 1. The second kappa shape index (κ2) is 10.7. The first kappa shape index (κ1) is 25.6. The first-order valence-corrected chi connectivity index (χ1v) is 13.8. The van der Waals surface area contributed by atoms with Crippen molar-refractivity contribution in [1.82, 2.24) is 5.32 Å². The van der Waals surface area contributed by atoms with Crippen molar-refractivity contribution in [3.63, 3.8) is 0 Å². The largest absolute Gasteiger partial charge is 0.493 e. The van der Waals surface area contributed by atoms with Crippen LogP contribution in [0.25, 0.3) is 0 Å². The third-order valence-electron chi connectivity index (χ3n) is 6.79. The molecule has 1 aromatic heterocycles. The number of rotatable bonds is 6. The molecule has 8 heteroatoms. The summed E-state index contributed by atoms with van der Waals surface area (Å²) in [7, 11) is 1.58. The molecule has 0 amide bonds. The van der Waals surface area contributed by atoms with Gasteiger partial charge in [0, 0.05) is 28.3 Å². The van der Waals surface area contributed by atoms with Gasteiger partial charge in [-0.15, -0.1) is 11.3 Å². The molecular formula is C29H24BrClN2O3S. The monoisotopic (exact) mass is 594 g/mol. The zero-order chi connectivity index (χ0) is 26.1. The van der Waals surface area contributed by atoms with Gasteiger partial charge in [-0.1, -0.05) is 41.9 Å². The number of nitriles is 1. The summed E-state index contributed by atoms with van der Waals surface area (Å²) < 4.78 is 13.2. The van der Waals surface area contributed by atoms with Crippen molar-refractivity contribution in [3.05, 3.63) is 102 Å². The topological polar surface area (TPSA) is 71.3 Å². The van der Waals surface area contributed by atoms with E-state index in [0.29, 0.717) is 50.9 Å². The minimum Gasteiger partial charge on any atom is -0.493 e. The van der Waals surface area contributed by atoms with Crippen LogP contribution < -0.4 is 14.8 Å². The number of ether oxygens (including phenoxy) is 2. The van der Waals surface area contributed by atoms with Crippen LogP contribution in [0, 0.1) is 11.3 Å². The molecule has 188 valence electrons. The number of hydrogen-bond acceptors (Lipinski definition) is 6. The molecular weight excluding hydrogens is 572 g/mol. The fourth-order valence-electron chi connectivity index (χ4n) is 5.10. The Hall–Kier alpha value is -3.05. The van der Waals surface area contributed by atoms with E-state index in [1.54, 1.807) is 7.11 Å². The van der Waals surface area contributed by atoms with Gasteiger partial charge in [-0.25, -0.2) is 0 Å². The Bertz CT molecular complexity index is 1470. The van der Waals surface area contributed by atoms with E-state index >= 15 is 0 Å². The van der Waals surface area contributed by atoms with Gasteiger partial charge in [0.15, 0.2) is 17.3 Å². The van der Waals surface area contributed by atoms with Crippen LogP contribution in [0.15, 0.2) is 81.6 Å². The van der Waals surface area contributed by atoms with E-state index in [1.165, 1.54) is 11.3 Å². The molecule has 0 fully saturated rings. The number of nitrogens with one attached hydrogen (secondary N) is 1. The van der Waals surface area contributed by atoms with Crippen LogP contribution in [0.2, 0.25) is 4.34 Å². The molecule has 0 bridgehead atoms. The second-order valence-electron chi connectivity index (χ2n) is 9.07. The number of methoxy groups -OCH3 is 1. The molecule has 2 aromatic carbocycles. The Kier molecular flexibility index (Phi) is 7.43. The van der Waals surface area contributed by atoms with Gasteiger partial charge in [0.05, 0.1) is 33.5 Å². The highest BCUT2D eigenvalue weighted by molar-refractivity contribution is 9.10. The number of Topliss-reactive ketones (excluding diaryl/α,β-unsaturated/α-hetero) is 1. The molecule has 2 unspecified atom stereocenters. The second-order valence-corrected chi connectivity index (χ2v) is 11.7. The Morgan fingerprint density at radius 2 is 1.95 bits per heavy atom. The highest BCUT2D eigenvalue weighted by Crippen LogP contribution is 2.48. The maximum atomic E-state index is 13.6. The third-order valence-corrected chi connectivity index (χ3v) is 8.59.